The van der Waals surface area contributed by atoms with E-state index in [9.17, 15) is 22.8 Å². The van der Waals surface area contributed by atoms with Gasteiger partial charge in [-0.3, -0.25) is 14.2 Å². The second-order valence-corrected chi connectivity index (χ2v) is 7.95. The van der Waals surface area contributed by atoms with E-state index in [1.54, 1.807) is 13.8 Å². The number of ether oxygens (including phenoxy) is 1. The molecule has 0 aliphatic carbocycles. The van der Waals surface area contributed by atoms with Gasteiger partial charge in [-0.1, -0.05) is 12.1 Å². The van der Waals surface area contributed by atoms with Crippen LogP contribution < -0.4 is 15.6 Å². The third kappa shape index (κ3) is 5.51. The summed E-state index contributed by atoms with van der Waals surface area (Å²) in [6.07, 6.45) is -3.35. The van der Waals surface area contributed by atoms with Crippen LogP contribution in [0.3, 0.4) is 0 Å². The minimum absolute atomic E-state index is 0.0966. The van der Waals surface area contributed by atoms with Crippen LogP contribution in [-0.4, -0.2) is 21.6 Å². The zero-order valence-corrected chi connectivity index (χ0v) is 18.8. The molecule has 0 aliphatic rings. The Morgan fingerprint density at radius 3 is 2.64 bits per heavy atom. The number of aromatic nitrogens is 2. The van der Waals surface area contributed by atoms with Crippen molar-refractivity contribution in [3.63, 3.8) is 0 Å². The molecule has 0 spiro atoms. The van der Waals surface area contributed by atoms with Gasteiger partial charge in [0, 0.05) is 18.7 Å². The van der Waals surface area contributed by atoms with Gasteiger partial charge in [-0.25, -0.2) is 0 Å². The molecule has 3 rings (SSSR count). The molecule has 0 saturated heterocycles. The first-order valence-electron chi connectivity index (χ1n) is 10.0. The van der Waals surface area contributed by atoms with Crippen molar-refractivity contribution < 1.29 is 22.7 Å². The number of halogens is 3. The molecule has 0 saturated carbocycles. The fraction of sp³-hybridized carbons (Fsp3) is 0.261. The second kappa shape index (κ2) is 9.62. The molecule has 174 valence electrons. The average Bonchev–Trinajstić information content (AvgIpc) is 2.74. The smallest absolute Gasteiger partial charge is 0.416 e. The average molecular weight is 478 g/mol. The predicted molar refractivity (Wildman–Crippen MR) is 122 cm³/mol. The normalized spacial score (nSPS) is 11.6. The number of fused-ring (bicyclic) bond motifs is 1. The van der Waals surface area contributed by atoms with E-state index >= 15 is 0 Å². The van der Waals surface area contributed by atoms with Gasteiger partial charge in [0.25, 0.3) is 11.5 Å². The molecule has 0 atom stereocenters. The fourth-order valence-corrected chi connectivity index (χ4v) is 3.55. The number of hydrogen-bond acceptors (Lipinski definition) is 4. The minimum Gasteiger partial charge on any atom is -0.491 e. The summed E-state index contributed by atoms with van der Waals surface area (Å²) in [4.78, 5) is 28.1. The number of nitrogens with zero attached hydrogens (tertiary/aromatic N) is 1. The standard InChI is InChI=1S/C23H22F3N3O3S/c1-4-9-29-21(31)17-8-6-14(10-19(17)28-22(29)33)20(30)27-12-15-5-7-16(32-13(2)3)11-18(15)23(24,25)26/h4-8,10-11,13H,1,9,12H2,2-3H3,(H,27,30)(H,28,33). The van der Waals surface area contributed by atoms with Gasteiger partial charge in [0.2, 0.25) is 0 Å². The first-order chi connectivity index (χ1) is 15.5. The highest BCUT2D eigenvalue weighted by Gasteiger charge is 2.34. The summed E-state index contributed by atoms with van der Waals surface area (Å²) in [7, 11) is 0. The summed E-state index contributed by atoms with van der Waals surface area (Å²) in [5.74, 6) is -0.499. The van der Waals surface area contributed by atoms with Crippen molar-refractivity contribution in [3.05, 3.63) is 80.9 Å². The number of amides is 1. The third-order valence-electron chi connectivity index (χ3n) is 4.75. The van der Waals surface area contributed by atoms with Crippen LogP contribution in [0.4, 0.5) is 13.2 Å². The Hall–Kier alpha value is -3.40. The van der Waals surface area contributed by atoms with E-state index in [1.165, 1.54) is 41.0 Å². The number of carbonyl (C=O) groups excluding carboxylic acids is 1. The SMILES string of the molecule is C=CCn1c(=S)[nH]c2cc(C(=O)NCc3ccc(OC(C)C)cc3C(F)(F)F)ccc2c1=O. The monoisotopic (exact) mass is 477 g/mol. The van der Waals surface area contributed by atoms with Crippen LogP contribution >= 0.6 is 12.2 Å². The molecule has 3 aromatic rings. The summed E-state index contributed by atoms with van der Waals surface area (Å²) in [5, 5.41) is 2.82. The maximum atomic E-state index is 13.5. The lowest BCUT2D eigenvalue weighted by Gasteiger charge is -2.17. The molecule has 0 unspecified atom stereocenters. The van der Waals surface area contributed by atoms with Gasteiger partial charge >= 0.3 is 6.18 Å². The van der Waals surface area contributed by atoms with Crippen LogP contribution in [-0.2, 0) is 19.3 Å². The summed E-state index contributed by atoms with van der Waals surface area (Å²) >= 11 is 5.18. The van der Waals surface area contributed by atoms with Gasteiger partial charge in [0.15, 0.2) is 4.77 Å². The second-order valence-electron chi connectivity index (χ2n) is 7.56. The predicted octanol–water partition coefficient (Wildman–Crippen LogP) is 4.98. The van der Waals surface area contributed by atoms with Gasteiger partial charge < -0.3 is 15.0 Å². The number of rotatable bonds is 7. The first kappa shape index (κ1) is 24.2. The topological polar surface area (TPSA) is 76.1 Å². The summed E-state index contributed by atoms with van der Waals surface area (Å²) in [5.41, 5.74) is -0.795. The van der Waals surface area contributed by atoms with Crippen molar-refractivity contribution in [1.29, 1.82) is 0 Å². The molecule has 0 fully saturated rings. The first-order valence-corrected chi connectivity index (χ1v) is 10.4. The van der Waals surface area contributed by atoms with Crippen LogP contribution in [0.25, 0.3) is 10.9 Å². The lowest BCUT2D eigenvalue weighted by Crippen LogP contribution is -2.25. The van der Waals surface area contributed by atoms with Crippen LogP contribution in [0.2, 0.25) is 0 Å². The van der Waals surface area contributed by atoms with Crippen LogP contribution in [0.15, 0.2) is 53.8 Å². The number of nitrogens with one attached hydrogen (secondary N) is 2. The lowest BCUT2D eigenvalue weighted by molar-refractivity contribution is -0.138. The van der Waals surface area contributed by atoms with Gasteiger partial charge in [-0.05, 0) is 62.0 Å². The fourth-order valence-electron chi connectivity index (χ4n) is 3.29. The minimum atomic E-state index is -4.61. The Bertz CT molecular complexity index is 1330. The van der Waals surface area contributed by atoms with Gasteiger partial charge in [-0.15, -0.1) is 6.58 Å². The Kier molecular flexibility index (Phi) is 7.06. The maximum Gasteiger partial charge on any atom is 0.416 e. The quantitative estimate of drug-likeness (QED) is 0.372. The van der Waals surface area contributed by atoms with Crippen molar-refractivity contribution in [3.8, 4) is 5.75 Å². The molecule has 2 aromatic carbocycles. The molecule has 1 aromatic heterocycles. The van der Waals surface area contributed by atoms with Crippen LogP contribution in [0, 0.1) is 4.77 Å². The maximum absolute atomic E-state index is 13.5. The molecule has 0 bridgehead atoms. The van der Waals surface area contributed by atoms with Crippen molar-refractivity contribution >= 4 is 29.0 Å². The van der Waals surface area contributed by atoms with Gasteiger partial charge in [-0.2, -0.15) is 13.2 Å². The molecule has 1 heterocycles. The van der Waals surface area contributed by atoms with E-state index in [4.69, 9.17) is 17.0 Å². The van der Waals surface area contributed by atoms with Crippen molar-refractivity contribution in [2.45, 2.75) is 39.2 Å². The number of alkyl halides is 3. The zero-order valence-electron chi connectivity index (χ0n) is 18.0. The highest BCUT2D eigenvalue weighted by atomic mass is 32.1. The molecule has 10 heteroatoms. The molecular formula is C23H22F3N3O3S. The van der Waals surface area contributed by atoms with E-state index in [2.05, 4.69) is 16.9 Å². The molecule has 0 radical (unpaired) electrons. The number of benzene rings is 2. The zero-order chi connectivity index (χ0) is 24.3. The Morgan fingerprint density at radius 2 is 2.00 bits per heavy atom. The summed E-state index contributed by atoms with van der Waals surface area (Å²) in [6, 6.07) is 7.97. The number of allylic oxidation sites excluding steroid dienone is 1. The molecule has 2 N–H and O–H groups in total. The number of H-pyrrole nitrogens is 1. The van der Waals surface area contributed by atoms with E-state index in [0.29, 0.717) is 10.9 Å². The highest BCUT2D eigenvalue weighted by molar-refractivity contribution is 7.71. The van der Waals surface area contributed by atoms with E-state index < -0.39 is 17.6 Å². The van der Waals surface area contributed by atoms with Crippen molar-refractivity contribution in [1.82, 2.24) is 14.9 Å². The lowest BCUT2D eigenvalue weighted by atomic mass is 10.1. The van der Waals surface area contributed by atoms with Crippen LogP contribution in [0.1, 0.15) is 35.3 Å². The number of aromatic amines is 1. The summed E-state index contributed by atoms with van der Waals surface area (Å²) in [6.45, 7) is 6.91. The van der Waals surface area contributed by atoms with E-state index in [-0.39, 0.29) is 46.4 Å². The van der Waals surface area contributed by atoms with Crippen molar-refractivity contribution in [2.24, 2.45) is 0 Å². The van der Waals surface area contributed by atoms with Crippen molar-refractivity contribution in [2.75, 3.05) is 0 Å². The molecule has 6 nitrogen and oxygen atoms in total. The number of hydrogen-bond donors (Lipinski definition) is 2. The van der Waals surface area contributed by atoms with E-state index in [0.717, 1.165) is 6.07 Å². The van der Waals surface area contributed by atoms with Gasteiger partial charge in [0.05, 0.1) is 22.6 Å². The van der Waals surface area contributed by atoms with Gasteiger partial charge in [0.1, 0.15) is 5.75 Å². The highest BCUT2D eigenvalue weighted by Crippen LogP contribution is 2.34. The van der Waals surface area contributed by atoms with Crippen LogP contribution in [0.5, 0.6) is 5.75 Å². The number of carbonyl (C=O) groups is 1. The van der Waals surface area contributed by atoms with E-state index in [1.807, 2.05) is 0 Å². The summed E-state index contributed by atoms with van der Waals surface area (Å²) < 4.78 is 47.4. The Morgan fingerprint density at radius 1 is 1.27 bits per heavy atom. The molecule has 33 heavy (non-hydrogen) atoms. The molecule has 0 aliphatic heterocycles. The molecular weight excluding hydrogens is 455 g/mol. The third-order valence-corrected chi connectivity index (χ3v) is 5.08. The Labute approximate surface area is 192 Å². The Balaban J connectivity index is 1.86. The molecule has 1 amide bonds. The largest absolute Gasteiger partial charge is 0.491 e.